The first-order valence-electron chi connectivity index (χ1n) is 9.68. The molecular formula is C20H35Cl3N4O2. The molecule has 0 unspecified atom stereocenters. The molecule has 1 N–H and O–H groups in total. The van der Waals surface area contributed by atoms with Crippen LogP contribution >= 0.6 is 37.2 Å². The number of hydrogen-bond donors (Lipinski definition) is 1. The summed E-state index contributed by atoms with van der Waals surface area (Å²) in [6.45, 7) is 7.51. The topological polar surface area (TPSA) is 48.1 Å². The highest BCUT2D eigenvalue weighted by atomic mass is 35.5. The fourth-order valence-corrected chi connectivity index (χ4v) is 3.95. The van der Waals surface area contributed by atoms with Crippen molar-refractivity contribution in [2.75, 3.05) is 71.4 Å². The number of rotatable bonds is 6. The number of ether oxygens (including phenoxy) is 1. The van der Waals surface area contributed by atoms with Gasteiger partial charge in [0.2, 0.25) is 0 Å². The summed E-state index contributed by atoms with van der Waals surface area (Å²) < 4.78 is 5.67. The van der Waals surface area contributed by atoms with Crippen LogP contribution in [-0.4, -0.2) is 87.8 Å². The molecule has 1 aromatic carbocycles. The van der Waals surface area contributed by atoms with Crippen molar-refractivity contribution in [2.24, 2.45) is 0 Å². The van der Waals surface area contributed by atoms with E-state index in [1.165, 1.54) is 5.69 Å². The number of amides is 1. The van der Waals surface area contributed by atoms with E-state index >= 15 is 0 Å². The third-order valence-electron chi connectivity index (χ3n) is 5.78. The van der Waals surface area contributed by atoms with E-state index in [1.807, 2.05) is 11.9 Å². The van der Waals surface area contributed by atoms with E-state index in [2.05, 4.69) is 45.4 Å². The van der Waals surface area contributed by atoms with Crippen LogP contribution in [0.3, 0.4) is 0 Å². The molecule has 6 nitrogen and oxygen atoms in total. The highest BCUT2D eigenvalue weighted by Gasteiger charge is 2.41. The Morgan fingerprint density at radius 2 is 1.66 bits per heavy atom. The van der Waals surface area contributed by atoms with Crippen molar-refractivity contribution in [3.05, 3.63) is 30.3 Å². The minimum Gasteiger partial charge on any atom is -0.369 e. The van der Waals surface area contributed by atoms with Crippen LogP contribution in [0, 0.1) is 0 Å². The Morgan fingerprint density at radius 1 is 1.07 bits per heavy atom. The normalized spacial score (nSPS) is 18.6. The minimum absolute atomic E-state index is 0. The van der Waals surface area contributed by atoms with Gasteiger partial charge in [0.15, 0.2) is 0 Å². The van der Waals surface area contributed by atoms with Crippen LogP contribution in [0.1, 0.15) is 12.8 Å². The summed E-state index contributed by atoms with van der Waals surface area (Å²) in [5.74, 6) is 0.129. The minimum atomic E-state index is -0.633. The van der Waals surface area contributed by atoms with E-state index in [4.69, 9.17) is 4.74 Å². The number of carbonyl (C=O) groups is 1. The molecule has 0 atom stereocenters. The lowest BCUT2D eigenvalue weighted by atomic mass is 9.90. The average Bonchev–Trinajstić information content (AvgIpc) is 2.73. The van der Waals surface area contributed by atoms with Crippen molar-refractivity contribution in [3.63, 3.8) is 0 Å². The second-order valence-corrected chi connectivity index (χ2v) is 7.34. The zero-order valence-electron chi connectivity index (χ0n) is 17.3. The molecule has 2 heterocycles. The Morgan fingerprint density at radius 3 is 2.21 bits per heavy atom. The van der Waals surface area contributed by atoms with Crippen molar-refractivity contribution in [2.45, 2.75) is 18.4 Å². The molecule has 2 saturated heterocycles. The molecule has 0 aromatic heterocycles. The maximum Gasteiger partial charge on any atom is 0.254 e. The zero-order valence-corrected chi connectivity index (χ0v) is 19.8. The van der Waals surface area contributed by atoms with Gasteiger partial charge in [0.1, 0.15) is 5.60 Å². The lowest BCUT2D eigenvalue weighted by Gasteiger charge is -2.39. The Hall–Kier alpha value is -0.760. The third kappa shape index (κ3) is 7.16. The van der Waals surface area contributed by atoms with Gasteiger partial charge in [-0.05, 0) is 38.1 Å². The van der Waals surface area contributed by atoms with Crippen LogP contribution < -0.4 is 10.2 Å². The smallest absolute Gasteiger partial charge is 0.254 e. The number of hydrogen-bond acceptors (Lipinski definition) is 5. The average molecular weight is 470 g/mol. The van der Waals surface area contributed by atoms with E-state index in [-0.39, 0.29) is 43.1 Å². The van der Waals surface area contributed by atoms with Gasteiger partial charge in [-0.25, -0.2) is 0 Å². The van der Waals surface area contributed by atoms with E-state index in [0.29, 0.717) is 0 Å². The molecule has 0 bridgehead atoms. The van der Waals surface area contributed by atoms with Crippen LogP contribution in [0.4, 0.5) is 5.69 Å². The molecule has 0 radical (unpaired) electrons. The van der Waals surface area contributed by atoms with Gasteiger partial charge < -0.3 is 19.9 Å². The van der Waals surface area contributed by atoms with Gasteiger partial charge in [-0.1, -0.05) is 18.2 Å². The lowest BCUT2D eigenvalue weighted by molar-refractivity contribution is -0.157. The summed E-state index contributed by atoms with van der Waals surface area (Å²) in [6, 6.07) is 10.6. The molecule has 1 amide bonds. The highest BCUT2D eigenvalue weighted by Crippen LogP contribution is 2.24. The number of para-hydroxylation sites is 1. The summed E-state index contributed by atoms with van der Waals surface area (Å²) in [7, 11) is 3.57. The molecule has 2 fully saturated rings. The van der Waals surface area contributed by atoms with Crippen LogP contribution in [0.5, 0.6) is 0 Å². The molecule has 0 aliphatic carbocycles. The number of nitrogens with one attached hydrogen (secondary N) is 1. The molecule has 0 spiro atoms. The summed E-state index contributed by atoms with van der Waals surface area (Å²) in [6.07, 6.45) is 1.50. The van der Waals surface area contributed by atoms with Crippen LogP contribution in [0.25, 0.3) is 0 Å². The predicted molar refractivity (Wildman–Crippen MR) is 126 cm³/mol. The molecule has 29 heavy (non-hydrogen) atoms. The number of nitrogens with zero attached hydrogens (tertiary/aromatic N) is 3. The predicted octanol–water partition coefficient (Wildman–Crippen LogP) is 2.30. The summed E-state index contributed by atoms with van der Waals surface area (Å²) in [5, 5.41) is 3.31. The fraction of sp³-hybridized carbons (Fsp3) is 0.650. The number of piperazine rings is 1. The van der Waals surface area contributed by atoms with Crippen molar-refractivity contribution >= 4 is 48.8 Å². The maximum atomic E-state index is 12.9. The zero-order chi connectivity index (χ0) is 18.4. The van der Waals surface area contributed by atoms with E-state index in [0.717, 1.165) is 65.2 Å². The summed E-state index contributed by atoms with van der Waals surface area (Å²) in [4.78, 5) is 19.6. The van der Waals surface area contributed by atoms with Gasteiger partial charge in [-0.3, -0.25) is 9.69 Å². The van der Waals surface area contributed by atoms with E-state index < -0.39 is 5.60 Å². The standard InChI is InChI=1S/C20H32N4O2.3ClH/c1-22(19(25)20(26-2)8-10-21-11-9-20)12-13-23-14-16-24(17-15-23)18-6-4-3-5-7-18;;;/h3-7,21H,8-17H2,1-2H3;3*1H. The molecule has 2 aliphatic heterocycles. The number of methoxy groups -OCH3 is 1. The molecule has 2 aliphatic rings. The Labute approximate surface area is 193 Å². The number of likely N-dealkylation sites (N-methyl/N-ethyl adjacent to an activating group) is 1. The number of benzene rings is 1. The van der Waals surface area contributed by atoms with Gasteiger partial charge in [-0.15, -0.1) is 37.2 Å². The second kappa shape index (κ2) is 13.5. The second-order valence-electron chi connectivity index (χ2n) is 7.34. The summed E-state index contributed by atoms with van der Waals surface area (Å²) in [5.41, 5.74) is 0.666. The van der Waals surface area contributed by atoms with Crippen molar-refractivity contribution in [1.82, 2.24) is 15.1 Å². The summed E-state index contributed by atoms with van der Waals surface area (Å²) >= 11 is 0. The Kier molecular flexibility index (Phi) is 13.2. The molecule has 0 saturated carbocycles. The molecule has 168 valence electrons. The Balaban J connectivity index is 0.00000261. The molecule has 1 aromatic rings. The SMILES string of the molecule is COC1(C(=O)N(C)CCN2CCN(c3ccccc3)CC2)CCNCC1.Cl.Cl.Cl. The maximum absolute atomic E-state index is 12.9. The number of piperidine rings is 1. The monoisotopic (exact) mass is 468 g/mol. The van der Waals surface area contributed by atoms with Crippen LogP contribution in [-0.2, 0) is 9.53 Å². The largest absolute Gasteiger partial charge is 0.369 e. The van der Waals surface area contributed by atoms with Crippen LogP contribution in [0.15, 0.2) is 30.3 Å². The fourth-order valence-electron chi connectivity index (χ4n) is 3.95. The first-order chi connectivity index (χ1) is 12.6. The number of halogens is 3. The first kappa shape index (κ1) is 28.2. The van der Waals surface area contributed by atoms with Gasteiger partial charge in [0.25, 0.3) is 5.91 Å². The van der Waals surface area contributed by atoms with Gasteiger partial charge in [-0.2, -0.15) is 0 Å². The highest BCUT2D eigenvalue weighted by molar-refractivity contribution is 5.86. The van der Waals surface area contributed by atoms with Crippen LogP contribution in [0.2, 0.25) is 0 Å². The van der Waals surface area contributed by atoms with Gasteiger partial charge in [0, 0.05) is 59.1 Å². The van der Waals surface area contributed by atoms with E-state index in [9.17, 15) is 4.79 Å². The number of carbonyl (C=O) groups excluding carboxylic acids is 1. The third-order valence-corrected chi connectivity index (χ3v) is 5.78. The quantitative estimate of drug-likeness (QED) is 0.693. The van der Waals surface area contributed by atoms with Gasteiger partial charge in [0.05, 0.1) is 0 Å². The lowest BCUT2D eigenvalue weighted by Crippen LogP contribution is -2.56. The van der Waals surface area contributed by atoms with Crippen molar-refractivity contribution < 1.29 is 9.53 Å². The Bertz CT molecular complexity index is 580. The van der Waals surface area contributed by atoms with Crippen molar-refractivity contribution in [1.29, 1.82) is 0 Å². The molecular weight excluding hydrogens is 435 g/mol. The van der Waals surface area contributed by atoms with Gasteiger partial charge >= 0.3 is 0 Å². The van der Waals surface area contributed by atoms with Crippen molar-refractivity contribution in [3.8, 4) is 0 Å². The molecule has 3 rings (SSSR count). The molecule has 9 heteroatoms. The van der Waals surface area contributed by atoms with E-state index in [1.54, 1.807) is 7.11 Å². The number of anilines is 1. The first-order valence-corrected chi connectivity index (χ1v) is 9.68.